The maximum atomic E-state index is 10.8. The van der Waals surface area contributed by atoms with E-state index < -0.39 is 5.97 Å². The van der Waals surface area contributed by atoms with Gasteiger partial charge in [-0.05, 0) is 43.0 Å². The molecule has 4 nitrogen and oxygen atoms in total. The van der Waals surface area contributed by atoms with Gasteiger partial charge < -0.3 is 15.3 Å². The van der Waals surface area contributed by atoms with Gasteiger partial charge in [-0.25, -0.2) is 4.79 Å². The number of rotatable bonds is 5. The number of piperidine rings is 1. The van der Waals surface area contributed by atoms with Crippen LogP contribution in [0.25, 0.3) is 0 Å². The normalized spacial score (nSPS) is 17.4. The molecule has 2 N–H and O–H groups in total. The third kappa shape index (κ3) is 4.23. The van der Waals surface area contributed by atoms with Crippen LogP contribution in [-0.2, 0) is 0 Å². The van der Waals surface area contributed by atoms with E-state index in [2.05, 4.69) is 24.1 Å². The first kappa shape index (κ1) is 14.9. The average Bonchev–Trinajstić information content (AvgIpc) is 2.41. The van der Waals surface area contributed by atoms with Gasteiger partial charge in [-0.1, -0.05) is 13.8 Å². The molecule has 0 aromatic heterocycles. The zero-order valence-corrected chi connectivity index (χ0v) is 12.3. The predicted molar refractivity (Wildman–Crippen MR) is 81.3 cm³/mol. The molecule has 0 spiro atoms. The third-order valence-electron chi connectivity index (χ3n) is 3.71. The van der Waals surface area contributed by atoms with Crippen molar-refractivity contribution in [1.29, 1.82) is 0 Å². The fraction of sp³-hybridized carbons (Fsp3) is 0.562. The summed E-state index contributed by atoms with van der Waals surface area (Å²) in [5, 5.41) is 12.4. The Morgan fingerprint density at radius 2 is 1.90 bits per heavy atom. The molecule has 1 fully saturated rings. The fourth-order valence-electron chi connectivity index (χ4n) is 2.72. The van der Waals surface area contributed by atoms with Crippen LogP contribution in [0.2, 0.25) is 0 Å². The predicted octanol–water partition coefficient (Wildman–Crippen LogP) is 2.92. The molecule has 20 heavy (non-hydrogen) atoms. The lowest BCUT2D eigenvalue weighted by Crippen LogP contribution is -2.40. The maximum Gasteiger partial charge on any atom is 0.335 e. The number of nitrogens with zero attached hydrogens (tertiary/aromatic N) is 1. The quantitative estimate of drug-likeness (QED) is 0.868. The highest BCUT2D eigenvalue weighted by atomic mass is 16.4. The summed E-state index contributed by atoms with van der Waals surface area (Å²) in [5.74, 6) is -0.151. The van der Waals surface area contributed by atoms with E-state index in [1.807, 2.05) is 12.1 Å². The highest BCUT2D eigenvalue weighted by Gasteiger charge is 2.19. The van der Waals surface area contributed by atoms with Crippen LogP contribution >= 0.6 is 0 Å². The molecule has 0 aliphatic carbocycles. The molecular weight excluding hydrogens is 252 g/mol. The summed E-state index contributed by atoms with van der Waals surface area (Å²) in [6, 6.07) is 7.50. The van der Waals surface area contributed by atoms with Crippen molar-refractivity contribution in [2.75, 3.05) is 25.0 Å². The van der Waals surface area contributed by atoms with Gasteiger partial charge in [0.2, 0.25) is 0 Å². The minimum atomic E-state index is -0.876. The molecule has 2 rings (SSSR count). The van der Waals surface area contributed by atoms with Gasteiger partial charge in [0.1, 0.15) is 0 Å². The number of nitrogens with one attached hydrogen (secondary N) is 1. The van der Waals surface area contributed by atoms with E-state index in [9.17, 15) is 4.79 Å². The number of anilines is 1. The highest BCUT2D eigenvalue weighted by Crippen LogP contribution is 2.18. The molecule has 0 radical (unpaired) electrons. The van der Waals surface area contributed by atoms with Crippen molar-refractivity contribution in [1.82, 2.24) is 4.90 Å². The van der Waals surface area contributed by atoms with E-state index in [1.165, 1.54) is 6.54 Å². The molecule has 0 atom stereocenters. The largest absolute Gasteiger partial charge is 0.478 e. The van der Waals surface area contributed by atoms with Gasteiger partial charge in [-0.3, -0.25) is 0 Å². The zero-order chi connectivity index (χ0) is 14.5. The van der Waals surface area contributed by atoms with E-state index in [1.54, 1.807) is 12.1 Å². The van der Waals surface area contributed by atoms with Crippen LogP contribution in [0.3, 0.4) is 0 Å². The van der Waals surface area contributed by atoms with Gasteiger partial charge in [0.05, 0.1) is 5.56 Å². The Bertz CT molecular complexity index is 434. The molecule has 110 valence electrons. The first-order valence-corrected chi connectivity index (χ1v) is 7.37. The summed E-state index contributed by atoms with van der Waals surface area (Å²) in [7, 11) is 0. The summed E-state index contributed by atoms with van der Waals surface area (Å²) >= 11 is 0. The van der Waals surface area contributed by atoms with E-state index in [4.69, 9.17) is 5.11 Å². The molecule has 1 heterocycles. The number of likely N-dealkylation sites (tertiary alicyclic amines) is 1. The van der Waals surface area contributed by atoms with Crippen LogP contribution in [-0.4, -0.2) is 41.7 Å². The number of hydrogen-bond acceptors (Lipinski definition) is 3. The molecule has 1 aromatic rings. The molecule has 0 saturated carbocycles. The molecule has 0 amide bonds. The molecule has 0 bridgehead atoms. The molecule has 0 unspecified atom stereocenters. The van der Waals surface area contributed by atoms with Crippen molar-refractivity contribution in [3.05, 3.63) is 29.8 Å². The van der Waals surface area contributed by atoms with Crippen LogP contribution in [0, 0.1) is 5.92 Å². The van der Waals surface area contributed by atoms with Crippen LogP contribution in [0.15, 0.2) is 24.3 Å². The molecule has 1 aliphatic heterocycles. The van der Waals surface area contributed by atoms with Crippen molar-refractivity contribution >= 4 is 11.7 Å². The summed E-state index contributed by atoms with van der Waals surface area (Å²) < 4.78 is 0. The van der Waals surface area contributed by atoms with Crippen molar-refractivity contribution in [3.8, 4) is 0 Å². The second-order valence-corrected chi connectivity index (χ2v) is 6.00. The summed E-state index contributed by atoms with van der Waals surface area (Å²) in [5.41, 5.74) is 1.35. The Labute approximate surface area is 120 Å². The van der Waals surface area contributed by atoms with Crippen LogP contribution in [0.4, 0.5) is 5.69 Å². The minimum Gasteiger partial charge on any atom is -0.478 e. The van der Waals surface area contributed by atoms with Crippen LogP contribution < -0.4 is 5.32 Å². The lowest BCUT2D eigenvalue weighted by Gasteiger charge is -2.33. The van der Waals surface area contributed by atoms with Crippen LogP contribution in [0.5, 0.6) is 0 Å². The fourth-order valence-corrected chi connectivity index (χ4v) is 2.72. The minimum absolute atomic E-state index is 0.335. The standard InChI is InChI=1S/C16H24N2O2/c1-12(2)11-18-9-7-15(8-10-18)17-14-5-3-13(4-6-14)16(19)20/h3-6,12,15,17H,7-11H2,1-2H3,(H,19,20). The number of carboxylic acid groups (broad SMARTS) is 1. The number of hydrogen-bond donors (Lipinski definition) is 2. The van der Waals surface area contributed by atoms with Crippen molar-refractivity contribution < 1.29 is 9.90 Å². The summed E-state index contributed by atoms with van der Waals surface area (Å²) in [6.07, 6.45) is 2.29. The second-order valence-electron chi connectivity index (χ2n) is 6.00. The van der Waals surface area contributed by atoms with Gasteiger partial charge in [0.15, 0.2) is 0 Å². The zero-order valence-electron chi connectivity index (χ0n) is 12.3. The molecule has 1 aliphatic rings. The molecule has 4 heteroatoms. The molecule has 1 saturated heterocycles. The number of carbonyl (C=O) groups is 1. The summed E-state index contributed by atoms with van der Waals surface area (Å²) in [6.45, 7) is 7.98. The Morgan fingerprint density at radius 1 is 1.30 bits per heavy atom. The first-order chi connectivity index (χ1) is 9.54. The first-order valence-electron chi connectivity index (χ1n) is 7.37. The Morgan fingerprint density at radius 3 is 2.40 bits per heavy atom. The van der Waals surface area contributed by atoms with E-state index in [0.29, 0.717) is 11.6 Å². The van der Waals surface area contributed by atoms with Gasteiger partial charge >= 0.3 is 5.97 Å². The van der Waals surface area contributed by atoms with E-state index in [-0.39, 0.29) is 0 Å². The third-order valence-corrected chi connectivity index (χ3v) is 3.71. The Balaban J connectivity index is 1.81. The lowest BCUT2D eigenvalue weighted by molar-refractivity contribution is 0.0697. The maximum absolute atomic E-state index is 10.8. The van der Waals surface area contributed by atoms with Crippen molar-refractivity contribution in [3.63, 3.8) is 0 Å². The average molecular weight is 276 g/mol. The summed E-state index contributed by atoms with van der Waals surface area (Å²) in [4.78, 5) is 13.3. The van der Waals surface area contributed by atoms with Gasteiger partial charge in [-0.15, -0.1) is 0 Å². The molecule has 1 aromatic carbocycles. The smallest absolute Gasteiger partial charge is 0.335 e. The topological polar surface area (TPSA) is 52.6 Å². The van der Waals surface area contributed by atoms with E-state index in [0.717, 1.165) is 37.5 Å². The second kappa shape index (κ2) is 6.75. The van der Waals surface area contributed by atoms with Crippen molar-refractivity contribution in [2.24, 2.45) is 5.92 Å². The van der Waals surface area contributed by atoms with Gasteiger partial charge in [0.25, 0.3) is 0 Å². The number of benzene rings is 1. The van der Waals surface area contributed by atoms with E-state index >= 15 is 0 Å². The van der Waals surface area contributed by atoms with Gasteiger partial charge in [0, 0.05) is 31.4 Å². The van der Waals surface area contributed by atoms with Gasteiger partial charge in [-0.2, -0.15) is 0 Å². The number of aromatic carboxylic acids is 1. The van der Waals surface area contributed by atoms with Crippen LogP contribution in [0.1, 0.15) is 37.0 Å². The SMILES string of the molecule is CC(C)CN1CCC(Nc2ccc(C(=O)O)cc2)CC1. The molecular formula is C16H24N2O2. The Kier molecular flexibility index (Phi) is 5.01. The van der Waals surface area contributed by atoms with Crippen molar-refractivity contribution in [2.45, 2.75) is 32.7 Å². The lowest BCUT2D eigenvalue weighted by atomic mass is 10.0. The highest BCUT2D eigenvalue weighted by molar-refractivity contribution is 5.87. The number of carboxylic acids is 1. The Hall–Kier alpha value is -1.55. The monoisotopic (exact) mass is 276 g/mol.